The molecule has 0 spiro atoms. The van der Waals surface area contributed by atoms with E-state index >= 15 is 0 Å². The van der Waals surface area contributed by atoms with Crippen molar-refractivity contribution in [2.24, 2.45) is 0 Å². The third-order valence-electron chi connectivity index (χ3n) is 6.95. The van der Waals surface area contributed by atoms with E-state index in [1.165, 1.54) is 37.1 Å². The van der Waals surface area contributed by atoms with Gasteiger partial charge in [-0.1, -0.05) is 12.8 Å². The molecule has 1 saturated heterocycles. The van der Waals surface area contributed by atoms with Gasteiger partial charge < -0.3 is 19.3 Å². The Bertz CT molecular complexity index is 729. The fourth-order valence-electron chi connectivity index (χ4n) is 4.98. The molecular formula is C26H38N2O6. The average molecular weight is 475 g/mol. The van der Waals surface area contributed by atoms with Gasteiger partial charge in [-0.3, -0.25) is 9.59 Å². The second-order valence-corrected chi connectivity index (χ2v) is 9.74. The molecule has 2 saturated carbocycles. The van der Waals surface area contributed by atoms with Crippen molar-refractivity contribution in [1.29, 1.82) is 0 Å². The van der Waals surface area contributed by atoms with Crippen LogP contribution in [0.4, 0.5) is 0 Å². The lowest BCUT2D eigenvalue weighted by Crippen LogP contribution is -2.59. The van der Waals surface area contributed by atoms with Crippen LogP contribution in [0.3, 0.4) is 0 Å². The number of esters is 2. The highest BCUT2D eigenvalue weighted by Crippen LogP contribution is 2.22. The molecule has 0 aromatic carbocycles. The highest BCUT2D eigenvalue weighted by atomic mass is 16.5. The minimum absolute atomic E-state index is 0.0532. The Morgan fingerprint density at radius 1 is 0.588 bits per heavy atom. The van der Waals surface area contributed by atoms with Gasteiger partial charge in [0.15, 0.2) is 0 Å². The molecule has 34 heavy (non-hydrogen) atoms. The zero-order chi connectivity index (χ0) is 24.5. The fraction of sp³-hybridized carbons (Fsp3) is 0.692. The van der Waals surface area contributed by atoms with E-state index in [1.54, 1.807) is 9.80 Å². The Labute approximate surface area is 202 Å². The van der Waals surface area contributed by atoms with E-state index in [-0.39, 0.29) is 36.1 Å². The van der Waals surface area contributed by atoms with Crippen molar-refractivity contribution in [2.45, 2.75) is 102 Å². The van der Waals surface area contributed by atoms with E-state index in [0.29, 0.717) is 13.1 Å². The summed E-state index contributed by atoms with van der Waals surface area (Å²) in [6, 6.07) is -0.455. The van der Waals surface area contributed by atoms with E-state index in [9.17, 15) is 19.2 Å². The number of hydrogen-bond acceptors (Lipinski definition) is 6. The number of carbonyl (C=O) groups excluding carboxylic acids is 4. The molecule has 0 bridgehead atoms. The largest absolute Gasteiger partial charge is 0.459 e. The Morgan fingerprint density at radius 2 is 0.941 bits per heavy atom. The van der Waals surface area contributed by atoms with Crippen LogP contribution in [-0.2, 0) is 28.7 Å². The first-order chi connectivity index (χ1) is 16.3. The summed E-state index contributed by atoms with van der Waals surface area (Å²) in [6.07, 6.45) is 14.9. The average Bonchev–Trinajstić information content (AvgIpc) is 2.83. The van der Waals surface area contributed by atoms with Gasteiger partial charge in [0.1, 0.15) is 12.2 Å². The summed E-state index contributed by atoms with van der Waals surface area (Å²) in [6.45, 7) is 4.40. The molecule has 1 heterocycles. The lowest BCUT2D eigenvalue weighted by Gasteiger charge is -2.43. The van der Waals surface area contributed by atoms with Crippen molar-refractivity contribution in [3.8, 4) is 0 Å². The predicted octanol–water partition coefficient (Wildman–Crippen LogP) is 3.30. The zero-order valence-electron chi connectivity index (χ0n) is 20.4. The van der Waals surface area contributed by atoms with Crippen molar-refractivity contribution in [3.05, 3.63) is 24.3 Å². The van der Waals surface area contributed by atoms with Gasteiger partial charge in [0.2, 0.25) is 11.8 Å². The highest BCUT2D eigenvalue weighted by molar-refractivity contribution is 5.96. The first-order valence-corrected chi connectivity index (χ1v) is 12.7. The molecule has 3 aliphatic rings. The van der Waals surface area contributed by atoms with Gasteiger partial charge in [-0.25, -0.2) is 9.59 Å². The number of rotatable bonds is 6. The molecule has 2 unspecified atom stereocenters. The quantitative estimate of drug-likeness (QED) is 0.433. The molecule has 0 aromatic rings. The van der Waals surface area contributed by atoms with E-state index < -0.39 is 11.9 Å². The van der Waals surface area contributed by atoms with Gasteiger partial charge >= 0.3 is 11.9 Å². The minimum atomic E-state index is -0.486. The van der Waals surface area contributed by atoms with E-state index in [0.717, 1.165) is 51.4 Å². The molecule has 188 valence electrons. The van der Waals surface area contributed by atoms with Gasteiger partial charge in [-0.05, 0) is 65.2 Å². The second-order valence-electron chi connectivity index (χ2n) is 9.74. The van der Waals surface area contributed by atoms with E-state index in [4.69, 9.17) is 9.47 Å². The predicted molar refractivity (Wildman–Crippen MR) is 127 cm³/mol. The number of ether oxygens (including phenoxy) is 2. The Kier molecular flexibility index (Phi) is 9.72. The number of amides is 2. The molecule has 3 rings (SSSR count). The maximum absolute atomic E-state index is 12.7. The summed E-state index contributed by atoms with van der Waals surface area (Å²) in [5, 5.41) is 0. The van der Waals surface area contributed by atoms with Gasteiger partial charge in [-0.2, -0.15) is 0 Å². The fourth-order valence-corrected chi connectivity index (χ4v) is 4.98. The highest BCUT2D eigenvalue weighted by Gasteiger charge is 2.33. The SMILES string of the molecule is CC1CN(C(=O)C=CC(=O)OC2CCCCC2)C(C)CN1C(=O)C=CC(=O)OC1CCCCC1. The van der Waals surface area contributed by atoms with Crippen LogP contribution in [0.5, 0.6) is 0 Å². The molecule has 2 aliphatic carbocycles. The van der Waals surface area contributed by atoms with Crippen LogP contribution in [0.25, 0.3) is 0 Å². The molecule has 8 heteroatoms. The lowest BCUT2D eigenvalue weighted by atomic mass is 9.98. The summed E-state index contributed by atoms with van der Waals surface area (Å²) in [5.41, 5.74) is 0. The number of nitrogens with zero attached hydrogens (tertiary/aromatic N) is 2. The normalized spacial score (nSPS) is 25.0. The third-order valence-corrected chi connectivity index (χ3v) is 6.95. The first kappa shape index (κ1) is 26.0. The van der Waals surface area contributed by atoms with Crippen molar-refractivity contribution >= 4 is 23.8 Å². The monoisotopic (exact) mass is 474 g/mol. The second kappa shape index (κ2) is 12.7. The Hall–Kier alpha value is -2.64. The maximum Gasteiger partial charge on any atom is 0.331 e. The number of piperazine rings is 1. The van der Waals surface area contributed by atoms with Crippen LogP contribution in [0.15, 0.2) is 24.3 Å². The van der Waals surface area contributed by atoms with Gasteiger partial charge in [0.05, 0.1) is 0 Å². The minimum Gasteiger partial charge on any atom is -0.459 e. The van der Waals surface area contributed by atoms with Crippen molar-refractivity contribution < 1.29 is 28.7 Å². The molecule has 2 amide bonds. The zero-order valence-corrected chi connectivity index (χ0v) is 20.4. The van der Waals surface area contributed by atoms with E-state index in [2.05, 4.69) is 0 Å². The summed E-state index contributed by atoms with van der Waals surface area (Å²) in [7, 11) is 0. The lowest BCUT2D eigenvalue weighted by molar-refractivity contribution is -0.145. The maximum atomic E-state index is 12.7. The summed E-state index contributed by atoms with van der Waals surface area (Å²) >= 11 is 0. The van der Waals surface area contributed by atoms with Crippen LogP contribution in [0.1, 0.15) is 78.1 Å². The molecular weight excluding hydrogens is 436 g/mol. The third kappa shape index (κ3) is 7.71. The van der Waals surface area contributed by atoms with Crippen molar-refractivity contribution in [1.82, 2.24) is 9.80 Å². The molecule has 2 atom stereocenters. The molecule has 1 aliphatic heterocycles. The van der Waals surface area contributed by atoms with Gasteiger partial charge in [0, 0.05) is 49.5 Å². The molecule has 0 radical (unpaired) electrons. The summed E-state index contributed by atoms with van der Waals surface area (Å²) < 4.78 is 10.8. The number of carbonyl (C=O) groups is 4. The van der Waals surface area contributed by atoms with Gasteiger partial charge in [-0.15, -0.1) is 0 Å². The van der Waals surface area contributed by atoms with E-state index in [1.807, 2.05) is 13.8 Å². The topological polar surface area (TPSA) is 93.2 Å². The smallest absolute Gasteiger partial charge is 0.331 e. The summed E-state index contributed by atoms with van der Waals surface area (Å²) in [4.78, 5) is 52.8. The Morgan fingerprint density at radius 3 is 1.29 bits per heavy atom. The van der Waals surface area contributed by atoms with Crippen LogP contribution in [0.2, 0.25) is 0 Å². The van der Waals surface area contributed by atoms with Crippen molar-refractivity contribution in [2.75, 3.05) is 13.1 Å². The van der Waals surface area contributed by atoms with Crippen molar-refractivity contribution in [3.63, 3.8) is 0 Å². The van der Waals surface area contributed by atoms with Crippen LogP contribution >= 0.6 is 0 Å². The molecule has 8 nitrogen and oxygen atoms in total. The Balaban J connectivity index is 1.46. The standard InChI is InChI=1S/C26H38N2O6/c1-19-17-28(24(30)14-16-26(32)34-22-11-7-4-8-12-22)20(2)18-27(19)23(29)13-15-25(31)33-21-9-5-3-6-10-21/h13-16,19-22H,3-12,17-18H2,1-2H3. The van der Waals surface area contributed by atoms with Crippen LogP contribution in [0, 0.1) is 0 Å². The summed E-state index contributed by atoms with van der Waals surface area (Å²) in [5.74, 6) is -1.53. The molecule has 0 N–H and O–H groups in total. The molecule has 3 fully saturated rings. The number of hydrogen-bond donors (Lipinski definition) is 0. The van der Waals surface area contributed by atoms with Crippen LogP contribution in [-0.4, -0.2) is 70.9 Å². The molecule has 0 aromatic heterocycles. The van der Waals surface area contributed by atoms with Crippen LogP contribution < -0.4 is 0 Å². The van der Waals surface area contributed by atoms with Gasteiger partial charge in [0.25, 0.3) is 0 Å². The first-order valence-electron chi connectivity index (χ1n) is 12.7.